The first-order valence-electron chi connectivity index (χ1n) is 13.6. The summed E-state index contributed by atoms with van der Waals surface area (Å²) in [5.74, 6) is -0.882. The van der Waals surface area contributed by atoms with Gasteiger partial charge in [0.05, 0.1) is 17.7 Å². The maximum absolute atomic E-state index is 14.2. The predicted octanol–water partition coefficient (Wildman–Crippen LogP) is 5.66. The SMILES string of the molecule is CNC(=O)c1ccc(N2CCC(CC3CCN(C(=O)C(O)(c4cc(Cl)cc(OC)c4)C(F)(F)F)CC3)CC2)cc1Cl. The van der Waals surface area contributed by atoms with E-state index in [1.807, 2.05) is 6.07 Å². The number of aliphatic hydroxyl groups is 1. The number of anilines is 1. The molecule has 0 radical (unpaired) electrons. The third kappa shape index (κ3) is 6.70. The number of carbonyl (C=O) groups excluding carboxylic acids is 2. The second-order valence-electron chi connectivity index (χ2n) is 10.7. The summed E-state index contributed by atoms with van der Waals surface area (Å²) in [6, 6.07) is 8.66. The summed E-state index contributed by atoms with van der Waals surface area (Å²) in [5, 5.41) is 13.7. The molecule has 1 atom stereocenters. The molecule has 0 spiro atoms. The van der Waals surface area contributed by atoms with Crippen LogP contribution in [-0.4, -0.2) is 68.3 Å². The fourth-order valence-electron chi connectivity index (χ4n) is 5.82. The molecular formula is C29H34Cl2F3N3O4. The van der Waals surface area contributed by atoms with E-state index in [1.165, 1.54) is 13.2 Å². The summed E-state index contributed by atoms with van der Waals surface area (Å²) >= 11 is 12.3. The predicted molar refractivity (Wildman–Crippen MR) is 152 cm³/mol. The third-order valence-electron chi connectivity index (χ3n) is 8.22. The number of alkyl halides is 3. The summed E-state index contributed by atoms with van der Waals surface area (Å²) < 4.78 is 47.6. The van der Waals surface area contributed by atoms with E-state index in [0.29, 0.717) is 29.3 Å². The Morgan fingerprint density at radius 2 is 1.61 bits per heavy atom. The maximum Gasteiger partial charge on any atom is 0.430 e. The first-order chi connectivity index (χ1) is 19.4. The average molecular weight is 617 g/mol. The fourth-order valence-corrected chi connectivity index (χ4v) is 6.30. The largest absolute Gasteiger partial charge is 0.497 e. The third-order valence-corrected chi connectivity index (χ3v) is 8.75. The van der Waals surface area contributed by atoms with Gasteiger partial charge in [0.15, 0.2) is 0 Å². The zero-order valence-electron chi connectivity index (χ0n) is 22.9. The number of amides is 2. The van der Waals surface area contributed by atoms with Crippen molar-refractivity contribution in [1.82, 2.24) is 10.2 Å². The van der Waals surface area contributed by atoms with Crippen molar-refractivity contribution in [3.05, 3.63) is 57.6 Å². The van der Waals surface area contributed by atoms with E-state index in [1.54, 1.807) is 19.2 Å². The van der Waals surface area contributed by atoms with Crippen LogP contribution < -0.4 is 15.0 Å². The summed E-state index contributed by atoms with van der Waals surface area (Å²) in [5.41, 5.74) is -3.01. The molecule has 2 aromatic rings. The van der Waals surface area contributed by atoms with Crippen LogP contribution in [0.5, 0.6) is 5.75 Å². The Labute approximate surface area is 247 Å². The van der Waals surface area contributed by atoms with E-state index in [2.05, 4.69) is 10.2 Å². The van der Waals surface area contributed by atoms with Crippen molar-refractivity contribution in [2.45, 2.75) is 43.9 Å². The van der Waals surface area contributed by atoms with E-state index >= 15 is 0 Å². The first kappa shape index (κ1) is 31.3. The lowest BCUT2D eigenvalue weighted by Gasteiger charge is -2.40. The topological polar surface area (TPSA) is 82.1 Å². The van der Waals surface area contributed by atoms with Crippen LogP contribution in [0.4, 0.5) is 18.9 Å². The molecule has 2 aliphatic heterocycles. The van der Waals surface area contributed by atoms with Gasteiger partial charge in [0.2, 0.25) is 0 Å². The number of carbonyl (C=O) groups is 2. The van der Waals surface area contributed by atoms with Gasteiger partial charge >= 0.3 is 6.18 Å². The van der Waals surface area contributed by atoms with Crippen LogP contribution in [0.25, 0.3) is 0 Å². The van der Waals surface area contributed by atoms with Gasteiger partial charge in [-0.1, -0.05) is 23.2 Å². The van der Waals surface area contributed by atoms with Crippen molar-refractivity contribution in [2.24, 2.45) is 11.8 Å². The number of nitrogens with one attached hydrogen (secondary N) is 1. The molecule has 2 saturated heterocycles. The van der Waals surface area contributed by atoms with E-state index in [9.17, 15) is 27.9 Å². The van der Waals surface area contributed by atoms with Crippen LogP contribution in [0.2, 0.25) is 10.0 Å². The molecule has 224 valence electrons. The molecule has 2 heterocycles. The van der Waals surface area contributed by atoms with E-state index in [0.717, 1.165) is 55.1 Å². The van der Waals surface area contributed by atoms with Crippen LogP contribution in [0, 0.1) is 11.8 Å². The Kier molecular flexibility index (Phi) is 9.66. The van der Waals surface area contributed by atoms with Crippen molar-refractivity contribution >= 4 is 40.7 Å². The summed E-state index contributed by atoms with van der Waals surface area (Å²) in [7, 11) is 2.82. The molecule has 2 N–H and O–H groups in total. The van der Waals surface area contributed by atoms with Gasteiger partial charge in [0, 0.05) is 49.5 Å². The van der Waals surface area contributed by atoms with Gasteiger partial charge in [-0.2, -0.15) is 13.2 Å². The molecular weight excluding hydrogens is 582 g/mol. The quantitative estimate of drug-likeness (QED) is 0.420. The van der Waals surface area contributed by atoms with Crippen molar-refractivity contribution in [2.75, 3.05) is 45.2 Å². The monoisotopic (exact) mass is 615 g/mol. The van der Waals surface area contributed by atoms with Crippen LogP contribution in [0.1, 0.15) is 48.0 Å². The maximum atomic E-state index is 14.2. The first-order valence-corrected chi connectivity index (χ1v) is 14.3. The highest BCUT2D eigenvalue weighted by molar-refractivity contribution is 6.34. The molecule has 7 nitrogen and oxygen atoms in total. The van der Waals surface area contributed by atoms with Gasteiger partial charge in [-0.3, -0.25) is 9.59 Å². The average Bonchev–Trinajstić information content (AvgIpc) is 2.95. The highest BCUT2D eigenvalue weighted by atomic mass is 35.5. The van der Waals surface area contributed by atoms with Crippen LogP contribution in [0.15, 0.2) is 36.4 Å². The lowest BCUT2D eigenvalue weighted by Crippen LogP contribution is -2.57. The zero-order chi connectivity index (χ0) is 29.9. The van der Waals surface area contributed by atoms with Gasteiger partial charge in [-0.15, -0.1) is 0 Å². The normalized spacial score (nSPS) is 18.6. The highest BCUT2D eigenvalue weighted by Gasteiger charge is 2.62. The molecule has 1 unspecified atom stereocenters. The number of hydrogen-bond donors (Lipinski definition) is 2. The molecule has 12 heteroatoms. The minimum absolute atomic E-state index is 0.0109. The molecule has 2 fully saturated rings. The summed E-state index contributed by atoms with van der Waals surface area (Å²) in [4.78, 5) is 28.4. The number of hydrogen-bond acceptors (Lipinski definition) is 5. The Morgan fingerprint density at radius 1 is 1.00 bits per heavy atom. The molecule has 2 aliphatic rings. The lowest BCUT2D eigenvalue weighted by atomic mass is 9.82. The van der Waals surface area contributed by atoms with Gasteiger partial charge in [0.25, 0.3) is 17.4 Å². The Bertz CT molecular complexity index is 1260. The number of piperidine rings is 2. The molecule has 2 aromatic carbocycles. The summed E-state index contributed by atoms with van der Waals surface area (Å²) in [6.45, 7) is 1.93. The van der Waals surface area contributed by atoms with Crippen LogP contribution in [0.3, 0.4) is 0 Å². The standard InChI is InChI=1S/C29H34Cl2F3N3O4/c1-35-26(38)24-4-3-22(17-25(24)31)36-9-5-18(6-10-36)13-19-7-11-37(12-8-19)27(39)28(40,29(32,33)34)20-14-21(30)16-23(15-20)41-2/h3-4,14-19,40H,5-13H2,1-2H3,(H,35,38). The minimum Gasteiger partial charge on any atom is -0.497 e. The number of methoxy groups -OCH3 is 1. The number of likely N-dealkylation sites (tertiary alicyclic amines) is 1. The van der Waals surface area contributed by atoms with Crippen molar-refractivity contribution in [3.63, 3.8) is 0 Å². The molecule has 41 heavy (non-hydrogen) atoms. The molecule has 2 amide bonds. The lowest BCUT2D eigenvalue weighted by molar-refractivity contribution is -0.262. The van der Waals surface area contributed by atoms with E-state index in [-0.39, 0.29) is 35.7 Å². The summed E-state index contributed by atoms with van der Waals surface area (Å²) in [6.07, 6.45) is -1.28. The Morgan fingerprint density at radius 3 is 2.15 bits per heavy atom. The van der Waals surface area contributed by atoms with Gasteiger partial charge < -0.3 is 25.0 Å². The van der Waals surface area contributed by atoms with Gasteiger partial charge in [0.1, 0.15) is 5.75 Å². The highest BCUT2D eigenvalue weighted by Crippen LogP contribution is 2.43. The van der Waals surface area contributed by atoms with E-state index in [4.69, 9.17) is 27.9 Å². The molecule has 0 bridgehead atoms. The second kappa shape index (κ2) is 12.7. The van der Waals surface area contributed by atoms with Crippen molar-refractivity contribution < 1.29 is 32.6 Å². The molecule has 0 aromatic heterocycles. The zero-order valence-corrected chi connectivity index (χ0v) is 24.5. The Hall–Kier alpha value is -2.69. The van der Waals surface area contributed by atoms with Crippen molar-refractivity contribution in [3.8, 4) is 5.75 Å². The van der Waals surface area contributed by atoms with Crippen LogP contribution >= 0.6 is 23.2 Å². The second-order valence-corrected chi connectivity index (χ2v) is 11.6. The van der Waals surface area contributed by atoms with Crippen LogP contribution in [-0.2, 0) is 10.4 Å². The number of halogens is 5. The van der Waals surface area contributed by atoms with Gasteiger partial charge in [-0.25, -0.2) is 0 Å². The molecule has 4 rings (SSSR count). The smallest absolute Gasteiger partial charge is 0.430 e. The molecule has 0 aliphatic carbocycles. The van der Waals surface area contributed by atoms with E-state index < -0.39 is 23.2 Å². The fraction of sp³-hybridized carbons (Fsp3) is 0.517. The van der Waals surface area contributed by atoms with Gasteiger partial charge in [-0.05, 0) is 80.3 Å². The molecule has 0 saturated carbocycles. The number of ether oxygens (including phenoxy) is 1. The number of rotatable bonds is 7. The number of benzene rings is 2. The Balaban J connectivity index is 1.33. The van der Waals surface area contributed by atoms with Crippen molar-refractivity contribution in [1.29, 1.82) is 0 Å². The minimum atomic E-state index is -5.25. The number of nitrogens with zero attached hydrogens (tertiary/aromatic N) is 2.